The van der Waals surface area contributed by atoms with Crippen LogP contribution in [0, 0.1) is 0 Å². The molecule has 3 aliphatic heterocycles. The van der Waals surface area contributed by atoms with Gasteiger partial charge in [0, 0.05) is 51.0 Å². The van der Waals surface area contributed by atoms with E-state index in [4.69, 9.17) is 0 Å². The number of benzene rings is 1. The van der Waals surface area contributed by atoms with Crippen LogP contribution in [0.25, 0.3) is 0 Å². The highest BCUT2D eigenvalue weighted by Gasteiger charge is 2.40. The van der Waals surface area contributed by atoms with Gasteiger partial charge in [0.05, 0.1) is 0 Å². The molecule has 3 aliphatic rings. The summed E-state index contributed by atoms with van der Waals surface area (Å²) in [6.07, 6.45) is 6.62. The molecule has 6 heteroatoms. The first kappa shape index (κ1) is 21.4. The predicted molar refractivity (Wildman–Crippen MR) is 126 cm³/mol. The van der Waals surface area contributed by atoms with Crippen molar-refractivity contribution >= 4 is 11.6 Å². The SMILES string of the molecule is CN=C(NCC1(N2CCCCC2)CCN(C)CC1)N1CCN(c2ccccc2)CC1. The average molecular weight is 413 g/mol. The van der Waals surface area contributed by atoms with Gasteiger partial charge in [-0.3, -0.25) is 9.89 Å². The number of rotatable bonds is 4. The van der Waals surface area contributed by atoms with Gasteiger partial charge in [-0.15, -0.1) is 0 Å². The van der Waals surface area contributed by atoms with E-state index in [2.05, 4.69) is 67.3 Å². The maximum Gasteiger partial charge on any atom is 0.193 e. The van der Waals surface area contributed by atoms with E-state index in [1.807, 2.05) is 7.05 Å². The summed E-state index contributed by atoms with van der Waals surface area (Å²) in [6, 6.07) is 10.8. The van der Waals surface area contributed by atoms with Gasteiger partial charge in [0.15, 0.2) is 5.96 Å². The summed E-state index contributed by atoms with van der Waals surface area (Å²) in [7, 11) is 4.20. The van der Waals surface area contributed by atoms with E-state index in [0.717, 1.165) is 38.7 Å². The van der Waals surface area contributed by atoms with Crippen LogP contribution in [-0.2, 0) is 0 Å². The van der Waals surface area contributed by atoms with Gasteiger partial charge in [0.2, 0.25) is 0 Å². The maximum atomic E-state index is 4.67. The lowest BCUT2D eigenvalue weighted by Crippen LogP contribution is -2.63. The fourth-order valence-electron chi connectivity index (χ4n) is 5.40. The summed E-state index contributed by atoms with van der Waals surface area (Å²) in [5.41, 5.74) is 1.62. The van der Waals surface area contributed by atoms with Crippen LogP contribution in [0.1, 0.15) is 32.1 Å². The molecule has 0 amide bonds. The maximum absolute atomic E-state index is 4.67. The average Bonchev–Trinajstić information content (AvgIpc) is 2.82. The Morgan fingerprint density at radius 2 is 1.57 bits per heavy atom. The Bertz CT molecular complexity index is 668. The van der Waals surface area contributed by atoms with Gasteiger partial charge in [-0.2, -0.15) is 0 Å². The summed E-state index contributed by atoms with van der Waals surface area (Å²) in [5, 5.41) is 3.81. The molecule has 1 aromatic rings. The monoisotopic (exact) mass is 412 g/mol. The lowest BCUT2D eigenvalue weighted by molar-refractivity contribution is 0.0169. The largest absolute Gasteiger partial charge is 0.368 e. The van der Waals surface area contributed by atoms with Crippen molar-refractivity contribution in [2.45, 2.75) is 37.6 Å². The number of piperazine rings is 1. The molecule has 1 N–H and O–H groups in total. The molecule has 1 aromatic carbocycles. The smallest absolute Gasteiger partial charge is 0.193 e. The van der Waals surface area contributed by atoms with E-state index >= 15 is 0 Å². The molecule has 0 unspecified atom stereocenters. The Kier molecular flexibility index (Phi) is 7.16. The number of para-hydroxylation sites is 1. The standard InChI is InChI=1S/C24H40N6/c1-25-23(29-19-17-28(18-20-29)22-9-5-3-6-10-22)26-21-24(11-15-27(2)16-12-24)30-13-7-4-8-14-30/h3,5-6,9-10H,4,7-8,11-21H2,1-2H3,(H,25,26). The molecule has 30 heavy (non-hydrogen) atoms. The van der Waals surface area contributed by atoms with Crippen molar-refractivity contribution in [3.63, 3.8) is 0 Å². The number of aliphatic imine (C=N–C) groups is 1. The van der Waals surface area contributed by atoms with Gasteiger partial charge in [-0.1, -0.05) is 24.6 Å². The van der Waals surface area contributed by atoms with Crippen LogP contribution in [0.15, 0.2) is 35.3 Å². The second kappa shape index (κ2) is 10.0. The van der Waals surface area contributed by atoms with Crippen LogP contribution < -0.4 is 10.2 Å². The van der Waals surface area contributed by atoms with Gasteiger partial charge in [0.1, 0.15) is 0 Å². The van der Waals surface area contributed by atoms with Gasteiger partial charge in [-0.25, -0.2) is 0 Å². The van der Waals surface area contributed by atoms with E-state index in [0.29, 0.717) is 0 Å². The molecule has 6 nitrogen and oxygen atoms in total. The minimum atomic E-state index is 0.286. The highest BCUT2D eigenvalue weighted by molar-refractivity contribution is 5.80. The van der Waals surface area contributed by atoms with Gasteiger partial charge in [-0.05, 0) is 71.0 Å². The molecule has 0 spiro atoms. The lowest BCUT2D eigenvalue weighted by Gasteiger charge is -2.50. The molecule has 0 atom stereocenters. The number of hydrogen-bond acceptors (Lipinski definition) is 4. The highest BCUT2D eigenvalue weighted by atomic mass is 15.4. The molecular formula is C24H40N6. The zero-order valence-electron chi connectivity index (χ0n) is 19.0. The summed E-state index contributed by atoms with van der Waals surface area (Å²) < 4.78 is 0. The number of guanidine groups is 1. The van der Waals surface area contributed by atoms with Crippen LogP contribution in [0.2, 0.25) is 0 Å². The third-order valence-corrected chi connectivity index (χ3v) is 7.43. The molecule has 4 rings (SSSR count). The van der Waals surface area contributed by atoms with Crippen LogP contribution in [0.5, 0.6) is 0 Å². The topological polar surface area (TPSA) is 37.4 Å². The van der Waals surface area contributed by atoms with Crippen LogP contribution in [0.4, 0.5) is 5.69 Å². The Balaban J connectivity index is 1.35. The van der Waals surface area contributed by atoms with Gasteiger partial charge >= 0.3 is 0 Å². The van der Waals surface area contributed by atoms with Crippen molar-refractivity contribution in [2.24, 2.45) is 4.99 Å². The highest BCUT2D eigenvalue weighted by Crippen LogP contribution is 2.31. The Morgan fingerprint density at radius 1 is 0.900 bits per heavy atom. The van der Waals surface area contributed by atoms with Crippen molar-refractivity contribution in [1.82, 2.24) is 20.0 Å². The predicted octanol–water partition coefficient (Wildman–Crippen LogP) is 2.33. The summed E-state index contributed by atoms with van der Waals surface area (Å²) in [6.45, 7) is 10.1. The number of hydrogen-bond donors (Lipinski definition) is 1. The molecule has 0 bridgehead atoms. The summed E-state index contributed by atoms with van der Waals surface area (Å²) in [5.74, 6) is 1.08. The van der Waals surface area contributed by atoms with Crippen LogP contribution in [0.3, 0.4) is 0 Å². The first-order valence-electron chi connectivity index (χ1n) is 11.9. The van der Waals surface area contributed by atoms with Crippen molar-refractivity contribution in [3.8, 4) is 0 Å². The molecule has 3 fully saturated rings. The molecule has 3 saturated heterocycles. The summed E-state index contributed by atoms with van der Waals surface area (Å²) >= 11 is 0. The molecule has 166 valence electrons. The minimum Gasteiger partial charge on any atom is -0.368 e. The number of piperidine rings is 2. The molecule has 0 radical (unpaired) electrons. The van der Waals surface area contributed by atoms with E-state index in [1.165, 1.54) is 64.0 Å². The quantitative estimate of drug-likeness (QED) is 0.607. The molecule has 3 heterocycles. The van der Waals surface area contributed by atoms with Gasteiger partial charge in [0.25, 0.3) is 0 Å². The number of anilines is 1. The van der Waals surface area contributed by atoms with Crippen molar-refractivity contribution in [3.05, 3.63) is 30.3 Å². The van der Waals surface area contributed by atoms with E-state index in [-0.39, 0.29) is 5.54 Å². The minimum absolute atomic E-state index is 0.286. The third-order valence-electron chi connectivity index (χ3n) is 7.43. The normalized spacial score (nSPS) is 24.1. The second-order valence-electron chi connectivity index (χ2n) is 9.29. The molecule has 0 aromatic heterocycles. The lowest BCUT2D eigenvalue weighted by atomic mass is 9.84. The fraction of sp³-hybridized carbons (Fsp3) is 0.708. The van der Waals surface area contributed by atoms with E-state index in [1.54, 1.807) is 0 Å². The van der Waals surface area contributed by atoms with Crippen molar-refractivity contribution < 1.29 is 0 Å². The number of nitrogens with zero attached hydrogens (tertiary/aromatic N) is 5. The first-order valence-corrected chi connectivity index (χ1v) is 11.9. The first-order chi connectivity index (χ1) is 14.7. The Hall–Kier alpha value is -1.79. The van der Waals surface area contributed by atoms with Crippen LogP contribution in [-0.4, -0.2) is 99.2 Å². The third kappa shape index (κ3) is 4.92. The second-order valence-corrected chi connectivity index (χ2v) is 9.29. The molecule has 0 aliphatic carbocycles. The van der Waals surface area contributed by atoms with E-state index in [9.17, 15) is 0 Å². The summed E-state index contributed by atoms with van der Waals surface area (Å²) in [4.78, 5) is 14.9. The molecular weight excluding hydrogens is 372 g/mol. The zero-order chi connectivity index (χ0) is 20.8. The molecule has 0 saturated carbocycles. The van der Waals surface area contributed by atoms with Gasteiger partial charge < -0.3 is 20.0 Å². The zero-order valence-corrected chi connectivity index (χ0v) is 19.0. The number of nitrogens with one attached hydrogen (secondary N) is 1. The Labute approximate surface area is 182 Å². The number of likely N-dealkylation sites (tertiary alicyclic amines) is 2. The fourth-order valence-corrected chi connectivity index (χ4v) is 5.40. The Morgan fingerprint density at radius 3 is 2.20 bits per heavy atom. The van der Waals surface area contributed by atoms with Crippen molar-refractivity contribution in [2.75, 3.05) is 77.9 Å². The van der Waals surface area contributed by atoms with Crippen molar-refractivity contribution in [1.29, 1.82) is 0 Å². The van der Waals surface area contributed by atoms with E-state index < -0.39 is 0 Å². The van der Waals surface area contributed by atoms with Crippen LogP contribution >= 0.6 is 0 Å².